The van der Waals surface area contributed by atoms with Gasteiger partial charge in [0, 0.05) is 17.6 Å². The number of rotatable bonds is 4. The van der Waals surface area contributed by atoms with E-state index in [1.54, 1.807) is 13.1 Å². The summed E-state index contributed by atoms with van der Waals surface area (Å²) in [7, 11) is -2.15. The van der Waals surface area contributed by atoms with Crippen LogP contribution in [0.3, 0.4) is 0 Å². The van der Waals surface area contributed by atoms with Crippen LogP contribution in [0.1, 0.15) is 13.8 Å². The molecule has 0 aromatic heterocycles. The van der Waals surface area contributed by atoms with Gasteiger partial charge in [0.25, 0.3) is 0 Å². The van der Waals surface area contributed by atoms with Gasteiger partial charge in [0.1, 0.15) is 5.75 Å². The normalized spacial score (nSPS) is 11.6. The zero-order chi connectivity index (χ0) is 14.8. The summed E-state index contributed by atoms with van der Waals surface area (Å²) < 4.78 is 25.0. The van der Waals surface area contributed by atoms with E-state index >= 15 is 0 Å². The monoisotopic (exact) mass is 348 g/mol. The predicted molar refractivity (Wildman–Crippen MR) is 78.5 cm³/mol. The standard InChI is InChI=1S/C12H17BrN2O3S/c1-8(2)15(3)12(16)7-19(17,18)11-5-4-9(13)6-10(11)14/h4-6,8H,7,14H2,1-3H3. The summed E-state index contributed by atoms with van der Waals surface area (Å²) in [5, 5.41) is 0. The molecule has 1 amide bonds. The molecule has 19 heavy (non-hydrogen) atoms. The Bertz CT molecular complexity index is 585. The Hall–Kier alpha value is -1.08. The van der Waals surface area contributed by atoms with Gasteiger partial charge in [-0.2, -0.15) is 0 Å². The Labute approximate surface area is 121 Å². The van der Waals surface area contributed by atoms with Crippen molar-refractivity contribution in [3.8, 4) is 0 Å². The van der Waals surface area contributed by atoms with Crippen LogP contribution in [0.4, 0.5) is 5.69 Å². The molecule has 0 fully saturated rings. The molecule has 0 aliphatic heterocycles. The van der Waals surface area contributed by atoms with Gasteiger partial charge in [-0.15, -0.1) is 0 Å². The van der Waals surface area contributed by atoms with Crippen molar-refractivity contribution in [3.05, 3.63) is 22.7 Å². The van der Waals surface area contributed by atoms with Crippen molar-refractivity contribution in [1.29, 1.82) is 0 Å². The number of nitrogens with two attached hydrogens (primary N) is 1. The van der Waals surface area contributed by atoms with E-state index in [-0.39, 0.29) is 16.6 Å². The van der Waals surface area contributed by atoms with Crippen LogP contribution < -0.4 is 5.73 Å². The molecule has 7 heteroatoms. The summed E-state index contributed by atoms with van der Waals surface area (Å²) >= 11 is 3.21. The number of halogens is 1. The second-order valence-corrected chi connectivity index (χ2v) is 7.41. The molecule has 1 rings (SSSR count). The van der Waals surface area contributed by atoms with E-state index in [0.717, 1.165) is 0 Å². The fourth-order valence-corrected chi connectivity index (χ4v) is 3.19. The van der Waals surface area contributed by atoms with Crippen molar-refractivity contribution in [2.45, 2.75) is 24.8 Å². The molecule has 0 radical (unpaired) electrons. The van der Waals surface area contributed by atoms with Crippen LogP contribution in [-0.2, 0) is 14.6 Å². The lowest BCUT2D eigenvalue weighted by molar-refractivity contribution is -0.128. The molecule has 106 valence electrons. The number of hydrogen-bond acceptors (Lipinski definition) is 4. The van der Waals surface area contributed by atoms with Crippen LogP contribution in [0.25, 0.3) is 0 Å². The maximum Gasteiger partial charge on any atom is 0.238 e. The number of nitrogen functional groups attached to an aromatic ring is 1. The molecule has 0 spiro atoms. The van der Waals surface area contributed by atoms with E-state index in [1.807, 2.05) is 13.8 Å². The Morgan fingerprint density at radius 3 is 2.47 bits per heavy atom. The summed E-state index contributed by atoms with van der Waals surface area (Å²) in [4.78, 5) is 13.2. The minimum absolute atomic E-state index is 0.0128. The fourth-order valence-electron chi connectivity index (χ4n) is 1.43. The molecule has 1 aromatic rings. The third-order valence-corrected chi connectivity index (χ3v) is 4.95. The highest BCUT2D eigenvalue weighted by Crippen LogP contribution is 2.24. The maximum absolute atomic E-state index is 12.2. The molecule has 0 aliphatic rings. The van der Waals surface area contributed by atoms with Gasteiger partial charge in [0.2, 0.25) is 5.91 Å². The molecular formula is C12H17BrN2O3S. The fraction of sp³-hybridized carbons (Fsp3) is 0.417. The highest BCUT2D eigenvalue weighted by atomic mass is 79.9. The van der Waals surface area contributed by atoms with Crippen molar-refractivity contribution in [2.75, 3.05) is 18.5 Å². The molecule has 0 saturated carbocycles. The maximum atomic E-state index is 12.2. The van der Waals surface area contributed by atoms with Crippen molar-refractivity contribution in [1.82, 2.24) is 4.90 Å². The minimum atomic E-state index is -3.72. The number of anilines is 1. The number of carbonyl (C=O) groups excluding carboxylic acids is 1. The third-order valence-electron chi connectivity index (χ3n) is 2.79. The Morgan fingerprint density at radius 2 is 2.00 bits per heavy atom. The van der Waals surface area contributed by atoms with Crippen LogP contribution in [0.5, 0.6) is 0 Å². The zero-order valence-corrected chi connectivity index (χ0v) is 13.5. The molecule has 1 aromatic carbocycles. The summed E-state index contributed by atoms with van der Waals surface area (Å²) in [6.45, 7) is 3.64. The number of nitrogens with zero attached hydrogens (tertiary/aromatic N) is 1. The molecule has 0 saturated heterocycles. The Kier molecular flexibility index (Phi) is 4.98. The van der Waals surface area contributed by atoms with Crippen molar-refractivity contribution in [2.24, 2.45) is 0 Å². The first kappa shape index (κ1) is 16.0. The molecule has 5 nitrogen and oxygen atoms in total. The van der Waals surface area contributed by atoms with Gasteiger partial charge in [-0.05, 0) is 32.0 Å². The van der Waals surface area contributed by atoms with Crippen LogP contribution in [0.2, 0.25) is 0 Å². The second kappa shape index (κ2) is 5.92. The van der Waals surface area contributed by atoms with Crippen molar-refractivity contribution < 1.29 is 13.2 Å². The molecule has 0 aliphatic carbocycles. The van der Waals surface area contributed by atoms with Gasteiger partial charge < -0.3 is 10.6 Å². The average Bonchev–Trinajstić information content (AvgIpc) is 2.26. The topological polar surface area (TPSA) is 80.5 Å². The molecule has 0 unspecified atom stereocenters. The largest absolute Gasteiger partial charge is 0.398 e. The number of amides is 1. The highest BCUT2D eigenvalue weighted by Gasteiger charge is 2.24. The predicted octanol–water partition coefficient (Wildman–Crippen LogP) is 1.67. The number of sulfone groups is 1. The van der Waals surface area contributed by atoms with E-state index in [0.29, 0.717) is 4.47 Å². The van der Waals surface area contributed by atoms with Gasteiger partial charge in [-0.1, -0.05) is 15.9 Å². The van der Waals surface area contributed by atoms with Crippen LogP contribution >= 0.6 is 15.9 Å². The van der Waals surface area contributed by atoms with E-state index in [9.17, 15) is 13.2 Å². The summed E-state index contributed by atoms with van der Waals surface area (Å²) in [5.41, 5.74) is 5.82. The lowest BCUT2D eigenvalue weighted by atomic mass is 10.3. The second-order valence-electron chi connectivity index (χ2n) is 4.54. The summed E-state index contributed by atoms with van der Waals surface area (Å²) in [6.07, 6.45) is 0. The number of hydrogen-bond donors (Lipinski definition) is 1. The Morgan fingerprint density at radius 1 is 1.42 bits per heavy atom. The van der Waals surface area contributed by atoms with E-state index < -0.39 is 21.5 Å². The first-order valence-electron chi connectivity index (χ1n) is 5.68. The van der Waals surface area contributed by atoms with Gasteiger partial charge in [-0.3, -0.25) is 4.79 Å². The molecule has 2 N–H and O–H groups in total. The van der Waals surface area contributed by atoms with Crippen molar-refractivity contribution >= 4 is 37.4 Å². The first-order chi connectivity index (χ1) is 8.65. The van der Waals surface area contributed by atoms with Gasteiger partial charge in [-0.25, -0.2) is 8.42 Å². The average molecular weight is 349 g/mol. The minimum Gasteiger partial charge on any atom is -0.398 e. The molecular weight excluding hydrogens is 332 g/mol. The lowest BCUT2D eigenvalue weighted by Crippen LogP contribution is -2.37. The van der Waals surface area contributed by atoms with Gasteiger partial charge in [0.05, 0.1) is 10.6 Å². The first-order valence-corrected chi connectivity index (χ1v) is 8.13. The van der Waals surface area contributed by atoms with E-state index in [1.165, 1.54) is 17.0 Å². The van der Waals surface area contributed by atoms with Crippen LogP contribution in [-0.4, -0.2) is 38.1 Å². The highest BCUT2D eigenvalue weighted by molar-refractivity contribution is 9.10. The number of benzene rings is 1. The van der Waals surface area contributed by atoms with E-state index in [4.69, 9.17) is 5.73 Å². The van der Waals surface area contributed by atoms with Crippen molar-refractivity contribution in [3.63, 3.8) is 0 Å². The quantitative estimate of drug-likeness (QED) is 0.839. The summed E-state index contributed by atoms with van der Waals surface area (Å²) in [6, 6.07) is 4.44. The molecule has 0 heterocycles. The SMILES string of the molecule is CC(C)N(C)C(=O)CS(=O)(=O)c1ccc(Br)cc1N. The third kappa shape index (κ3) is 3.94. The van der Waals surface area contributed by atoms with Crippen LogP contribution in [0, 0.1) is 0 Å². The van der Waals surface area contributed by atoms with Crippen LogP contribution in [0.15, 0.2) is 27.6 Å². The van der Waals surface area contributed by atoms with Gasteiger partial charge >= 0.3 is 0 Å². The number of carbonyl (C=O) groups is 1. The Balaban J connectivity index is 3.02. The molecule has 0 bridgehead atoms. The lowest BCUT2D eigenvalue weighted by Gasteiger charge is -2.21. The zero-order valence-electron chi connectivity index (χ0n) is 11.1. The van der Waals surface area contributed by atoms with E-state index in [2.05, 4.69) is 15.9 Å². The smallest absolute Gasteiger partial charge is 0.238 e. The summed E-state index contributed by atoms with van der Waals surface area (Å²) in [5.74, 6) is -1.02. The molecule has 0 atom stereocenters. The van der Waals surface area contributed by atoms with Gasteiger partial charge in [0.15, 0.2) is 9.84 Å².